The lowest BCUT2D eigenvalue weighted by Gasteiger charge is -2.20. The van der Waals surface area contributed by atoms with Crippen molar-refractivity contribution in [2.45, 2.75) is 32.1 Å². The Morgan fingerprint density at radius 2 is 1.95 bits per heavy atom. The lowest BCUT2D eigenvalue weighted by molar-refractivity contribution is 0.194. The Hall–Kier alpha value is -1.26. The number of nitrogens with zero attached hydrogens (tertiary/aromatic N) is 1. The summed E-state index contributed by atoms with van der Waals surface area (Å²) in [5.41, 5.74) is 9.71. The van der Waals surface area contributed by atoms with E-state index in [-0.39, 0.29) is 0 Å². The Labute approximate surface area is 128 Å². The number of anilines is 2. The molecule has 118 valence electrons. The highest BCUT2D eigenvalue weighted by molar-refractivity contribution is 5.68. The number of rotatable bonds is 9. The molecular weight excluding hydrogens is 262 g/mol. The molecular formula is C17H29N3O. The lowest BCUT2D eigenvalue weighted by atomic mass is 10.1. The molecule has 1 saturated heterocycles. The monoisotopic (exact) mass is 291 g/mol. The maximum Gasteiger partial charge on any atom is 0.0600 e. The number of nitrogen functional groups attached to an aromatic ring is 1. The first kappa shape index (κ1) is 16.1. The Morgan fingerprint density at radius 3 is 2.67 bits per heavy atom. The minimum Gasteiger partial charge on any atom is -0.397 e. The molecule has 2 rings (SSSR count). The summed E-state index contributed by atoms with van der Waals surface area (Å²) in [6.07, 6.45) is 5.89. The van der Waals surface area contributed by atoms with Crippen molar-refractivity contribution >= 4 is 11.4 Å². The first-order chi connectivity index (χ1) is 10.3. The SMILES string of the molecule is COCCCNCCCc1ccc(N2CCCC2)c(N)c1. The molecule has 21 heavy (non-hydrogen) atoms. The van der Waals surface area contributed by atoms with Crippen LogP contribution in [0.25, 0.3) is 0 Å². The van der Waals surface area contributed by atoms with Gasteiger partial charge in [-0.05, 0) is 62.9 Å². The standard InChI is InChI=1S/C17H29N3O/c1-21-13-5-10-19-9-4-6-15-7-8-17(16(18)14-15)20-11-2-3-12-20/h7-8,14,19H,2-6,9-13,18H2,1H3. The molecule has 1 aliphatic heterocycles. The van der Waals surface area contributed by atoms with Crippen LogP contribution in [0.3, 0.4) is 0 Å². The molecule has 0 spiro atoms. The molecule has 0 saturated carbocycles. The molecule has 0 aliphatic carbocycles. The highest BCUT2D eigenvalue weighted by atomic mass is 16.5. The average molecular weight is 291 g/mol. The van der Waals surface area contributed by atoms with Crippen molar-refractivity contribution in [2.24, 2.45) is 0 Å². The van der Waals surface area contributed by atoms with Gasteiger partial charge in [0.2, 0.25) is 0 Å². The molecule has 1 aromatic rings. The summed E-state index contributed by atoms with van der Waals surface area (Å²) in [5, 5.41) is 3.44. The van der Waals surface area contributed by atoms with Crippen molar-refractivity contribution in [1.82, 2.24) is 5.32 Å². The molecule has 0 amide bonds. The minimum absolute atomic E-state index is 0.835. The van der Waals surface area contributed by atoms with Crippen molar-refractivity contribution in [1.29, 1.82) is 0 Å². The van der Waals surface area contributed by atoms with Crippen LogP contribution in [0.15, 0.2) is 18.2 Å². The summed E-state index contributed by atoms with van der Waals surface area (Å²) in [4.78, 5) is 2.40. The number of hydrogen-bond acceptors (Lipinski definition) is 4. The second-order valence-corrected chi connectivity index (χ2v) is 5.79. The van der Waals surface area contributed by atoms with Gasteiger partial charge >= 0.3 is 0 Å². The van der Waals surface area contributed by atoms with Crippen LogP contribution in [0, 0.1) is 0 Å². The van der Waals surface area contributed by atoms with Crippen molar-refractivity contribution in [3.05, 3.63) is 23.8 Å². The fourth-order valence-corrected chi connectivity index (χ4v) is 2.89. The normalized spacial score (nSPS) is 14.8. The molecule has 1 heterocycles. The van der Waals surface area contributed by atoms with E-state index in [1.54, 1.807) is 7.11 Å². The second kappa shape index (κ2) is 8.90. The molecule has 3 N–H and O–H groups in total. The largest absolute Gasteiger partial charge is 0.397 e. The van der Waals surface area contributed by atoms with Gasteiger partial charge in [-0.2, -0.15) is 0 Å². The molecule has 0 unspecified atom stereocenters. The summed E-state index contributed by atoms with van der Waals surface area (Å²) in [5.74, 6) is 0. The maximum absolute atomic E-state index is 6.22. The van der Waals surface area contributed by atoms with Crippen LogP contribution in [0.5, 0.6) is 0 Å². The molecule has 4 heteroatoms. The van der Waals surface area contributed by atoms with Gasteiger partial charge in [-0.25, -0.2) is 0 Å². The molecule has 0 radical (unpaired) electrons. The van der Waals surface area contributed by atoms with E-state index in [1.165, 1.54) is 24.1 Å². The van der Waals surface area contributed by atoms with E-state index in [9.17, 15) is 0 Å². The van der Waals surface area contributed by atoms with Gasteiger partial charge in [-0.3, -0.25) is 0 Å². The molecule has 0 atom stereocenters. The number of benzene rings is 1. The topological polar surface area (TPSA) is 50.5 Å². The molecule has 1 aromatic carbocycles. The van der Waals surface area contributed by atoms with Crippen LogP contribution >= 0.6 is 0 Å². The van der Waals surface area contributed by atoms with Crippen LogP contribution in [0.2, 0.25) is 0 Å². The van der Waals surface area contributed by atoms with Crippen molar-refractivity contribution < 1.29 is 4.74 Å². The average Bonchev–Trinajstić information content (AvgIpc) is 3.00. The van der Waals surface area contributed by atoms with Gasteiger partial charge in [-0.1, -0.05) is 6.07 Å². The van der Waals surface area contributed by atoms with Crippen LogP contribution in [0.4, 0.5) is 11.4 Å². The zero-order valence-corrected chi connectivity index (χ0v) is 13.2. The summed E-state index contributed by atoms with van der Waals surface area (Å²) in [7, 11) is 1.75. The van der Waals surface area contributed by atoms with E-state index in [0.29, 0.717) is 0 Å². The number of hydrogen-bond donors (Lipinski definition) is 2. The van der Waals surface area contributed by atoms with E-state index in [4.69, 9.17) is 10.5 Å². The van der Waals surface area contributed by atoms with Crippen LogP contribution in [-0.2, 0) is 11.2 Å². The third kappa shape index (κ3) is 5.21. The number of ether oxygens (including phenoxy) is 1. The van der Waals surface area contributed by atoms with Gasteiger partial charge < -0.3 is 20.7 Å². The van der Waals surface area contributed by atoms with Gasteiger partial charge in [-0.15, -0.1) is 0 Å². The third-order valence-corrected chi connectivity index (χ3v) is 4.06. The van der Waals surface area contributed by atoms with E-state index < -0.39 is 0 Å². The minimum atomic E-state index is 0.835. The van der Waals surface area contributed by atoms with E-state index in [0.717, 1.165) is 57.7 Å². The number of nitrogens with one attached hydrogen (secondary N) is 1. The predicted octanol–water partition coefficient (Wildman–Crippen LogP) is 2.43. The van der Waals surface area contributed by atoms with Crippen LogP contribution < -0.4 is 16.0 Å². The number of aryl methyl sites for hydroxylation is 1. The van der Waals surface area contributed by atoms with Crippen molar-refractivity contribution in [2.75, 3.05) is 50.5 Å². The highest BCUT2D eigenvalue weighted by Gasteiger charge is 2.14. The van der Waals surface area contributed by atoms with E-state index in [1.807, 2.05) is 0 Å². The quantitative estimate of drug-likeness (QED) is 0.542. The molecule has 1 fully saturated rings. The Kier molecular flexibility index (Phi) is 6.83. The summed E-state index contributed by atoms with van der Waals surface area (Å²) >= 11 is 0. The van der Waals surface area contributed by atoms with Crippen LogP contribution in [0.1, 0.15) is 31.2 Å². The Balaban J connectivity index is 1.70. The first-order valence-electron chi connectivity index (χ1n) is 8.14. The molecule has 4 nitrogen and oxygen atoms in total. The highest BCUT2D eigenvalue weighted by Crippen LogP contribution is 2.27. The van der Waals surface area contributed by atoms with Gasteiger partial charge in [0.25, 0.3) is 0 Å². The van der Waals surface area contributed by atoms with Gasteiger partial charge in [0, 0.05) is 26.8 Å². The second-order valence-electron chi connectivity index (χ2n) is 5.79. The fourth-order valence-electron chi connectivity index (χ4n) is 2.89. The van der Waals surface area contributed by atoms with E-state index in [2.05, 4.69) is 28.4 Å². The van der Waals surface area contributed by atoms with Crippen molar-refractivity contribution in [3.63, 3.8) is 0 Å². The van der Waals surface area contributed by atoms with Gasteiger partial charge in [0.15, 0.2) is 0 Å². The zero-order valence-electron chi connectivity index (χ0n) is 13.2. The summed E-state index contributed by atoms with van der Waals surface area (Å²) in [6, 6.07) is 6.58. The first-order valence-corrected chi connectivity index (χ1v) is 8.14. The third-order valence-electron chi connectivity index (χ3n) is 4.06. The molecule has 0 aromatic heterocycles. The smallest absolute Gasteiger partial charge is 0.0600 e. The Morgan fingerprint density at radius 1 is 1.19 bits per heavy atom. The van der Waals surface area contributed by atoms with Gasteiger partial charge in [0.05, 0.1) is 11.4 Å². The molecule has 0 bridgehead atoms. The van der Waals surface area contributed by atoms with E-state index >= 15 is 0 Å². The van der Waals surface area contributed by atoms with Crippen LogP contribution in [-0.4, -0.2) is 39.9 Å². The summed E-state index contributed by atoms with van der Waals surface area (Å²) in [6.45, 7) is 5.22. The lowest BCUT2D eigenvalue weighted by Crippen LogP contribution is -2.19. The summed E-state index contributed by atoms with van der Waals surface area (Å²) < 4.78 is 5.03. The van der Waals surface area contributed by atoms with Crippen molar-refractivity contribution in [3.8, 4) is 0 Å². The number of methoxy groups -OCH3 is 1. The number of nitrogens with two attached hydrogens (primary N) is 1. The maximum atomic E-state index is 6.22. The molecule has 1 aliphatic rings. The zero-order chi connectivity index (χ0) is 14.9. The predicted molar refractivity (Wildman–Crippen MR) is 90.0 cm³/mol. The Bertz CT molecular complexity index is 416. The van der Waals surface area contributed by atoms with Gasteiger partial charge in [0.1, 0.15) is 0 Å². The fraction of sp³-hybridized carbons (Fsp3) is 0.647.